The van der Waals surface area contributed by atoms with Gasteiger partial charge in [0, 0.05) is 41.1 Å². The number of hydrogen-bond donors (Lipinski definition) is 3. The molecule has 0 aliphatic rings. The zero-order chi connectivity index (χ0) is 18.5. The van der Waals surface area contributed by atoms with Crippen molar-refractivity contribution < 1.29 is 4.79 Å². The summed E-state index contributed by atoms with van der Waals surface area (Å²) in [6, 6.07) is 20.5. The summed E-state index contributed by atoms with van der Waals surface area (Å²) < 4.78 is 0. The van der Waals surface area contributed by atoms with Gasteiger partial charge < -0.3 is 10.6 Å². The molecule has 4 rings (SSSR count). The average molecular weight is 355 g/mol. The molecule has 2 amide bonds. The Labute approximate surface area is 156 Å². The van der Waals surface area contributed by atoms with Gasteiger partial charge in [-0.3, -0.25) is 10.1 Å². The number of nitrogens with one attached hydrogen (secondary N) is 3. The van der Waals surface area contributed by atoms with Gasteiger partial charge in [-0.1, -0.05) is 30.3 Å². The number of carbonyl (C=O) groups excluding carboxylic acids is 1. The second-order valence-electron chi connectivity index (χ2n) is 5.91. The second-order valence-corrected chi connectivity index (χ2v) is 5.91. The number of urea groups is 1. The third-order valence-corrected chi connectivity index (χ3v) is 4.06. The maximum absolute atomic E-state index is 12.2. The number of pyridine rings is 1. The number of para-hydroxylation sites is 1. The molecular formula is C21H17N5O. The molecule has 0 spiro atoms. The van der Waals surface area contributed by atoms with E-state index in [1.165, 1.54) is 0 Å². The fourth-order valence-corrected chi connectivity index (χ4v) is 2.82. The molecule has 2 heterocycles. The number of aromatic nitrogens is 3. The molecule has 0 aliphatic heterocycles. The normalized spacial score (nSPS) is 10.4. The van der Waals surface area contributed by atoms with Crippen LogP contribution in [0, 0.1) is 0 Å². The SMILES string of the molecule is O=C(Nc1ccccc1)Nc1cccc(-c2n[nH]cc2-c2ccncc2)c1. The van der Waals surface area contributed by atoms with Gasteiger partial charge in [-0.05, 0) is 42.0 Å². The van der Waals surface area contributed by atoms with Crippen LogP contribution in [0.4, 0.5) is 16.2 Å². The van der Waals surface area contributed by atoms with Crippen LogP contribution in [0.25, 0.3) is 22.4 Å². The quantitative estimate of drug-likeness (QED) is 0.492. The molecule has 2 aromatic carbocycles. The van der Waals surface area contributed by atoms with Crippen molar-refractivity contribution >= 4 is 17.4 Å². The second kappa shape index (κ2) is 7.53. The number of H-pyrrole nitrogens is 1. The lowest BCUT2D eigenvalue weighted by molar-refractivity contribution is 0.262. The Morgan fingerprint density at radius 3 is 2.37 bits per heavy atom. The third-order valence-electron chi connectivity index (χ3n) is 4.06. The van der Waals surface area contributed by atoms with E-state index in [1.54, 1.807) is 12.4 Å². The maximum atomic E-state index is 12.2. The van der Waals surface area contributed by atoms with E-state index >= 15 is 0 Å². The third kappa shape index (κ3) is 3.85. The molecule has 4 aromatic rings. The molecule has 0 bridgehead atoms. The van der Waals surface area contributed by atoms with E-state index in [-0.39, 0.29) is 6.03 Å². The largest absolute Gasteiger partial charge is 0.323 e. The Hall–Kier alpha value is -3.93. The zero-order valence-corrected chi connectivity index (χ0v) is 14.4. The molecule has 6 heteroatoms. The number of hydrogen-bond acceptors (Lipinski definition) is 3. The fraction of sp³-hybridized carbons (Fsp3) is 0. The number of amides is 2. The first kappa shape index (κ1) is 16.5. The predicted octanol–water partition coefficient (Wildman–Crippen LogP) is 4.78. The van der Waals surface area contributed by atoms with Crippen LogP contribution in [0.2, 0.25) is 0 Å². The van der Waals surface area contributed by atoms with Crippen molar-refractivity contribution in [1.82, 2.24) is 15.2 Å². The van der Waals surface area contributed by atoms with Crippen molar-refractivity contribution in [2.24, 2.45) is 0 Å². The van der Waals surface area contributed by atoms with Crippen LogP contribution >= 0.6 is 0 Å². The van der Waals surface area contributed by atoms with Crippen molar-refractivity contribution in [3.63, 3.8) is 0 Å². The van der Waals surface area contributed by atoms with Gasteiger partial charge in [0.15, 0.2) is 0 Å². The number of rotatable bonds is 4. The Morgan fingerprint density at radius 1 is 0.815 bits per heavy atom. The van der Waals surface area contributed by atoms with Gasteiger partial charge in [-0.25, -0.2) is 4.79 Å². The van der Waals surface area contributed by atoms with Gasteiger partial charge in [-0.2, -0.15) is 5.10 Å². The molecule has 6 nitrogen and oxygen atoms in total. The summed E-state index contributed by atoms with van der Waals surface area (Å²) in [5.74, 6) is 0. The standard InChI is InChI=1S/C21H17N5O/c27-21(24-17-6-2-1-3-7-17)25-18-8-4-5-16(13-18)20-19(14-23-26-20)15-9-11-22-12-10-15/h1-14H,(H,23,26)(H2,24,25,27). The highest BCUT2D eigenvalue weighted by Crippen LogP contribution is 2.30. The van der Waals surface area contributed by atoms with E-state index in [0.717, 1.165) is 28.1 Å². The number of nitrogens with zero attached hydrogens (tertiary/aromatic N) is 2. The number of benzene rings is 2. The van der Waals surface area contributed by atoms with Crippen LogP contribution in [-0.2, 0) is 0 Å². The van der Waals surface area contributed by atoms with Crippen LogP contribution in [0.5, 0.6) is 0 Å². The zero-order valence-electron chi connectivity index (χ0n) is 14.4. The van der Waals surface area contributed by atoms with E-state index in [2.05, 4.69) is 25.8 Å². The number of carbonyl (C=O) groups is 1. The lowest BCUT2D eigenvalue weighted by Gasteiger charge is -2.09. The first-order valence-electron chi connectivity index (χ1n) is 8.47. The molecule has 3 N–H and O–H groups in total. The first-order chi connectivity index (χ1) is 13.3. The molecule has 0 saturated heterocycles. The van der Waals surface area contributed by atoms with Crippen molar-refractivity contribution in [2.75, 3.05) is 10.6 Å². The van der Waals surface area contributed by atoms with Crippen LogP contribution in [0.3, 0.4) is 0 Å². The molecule has 0 fully saturated rings. The molecule has 2 aromatic heterocycles. The van der Waals surface area contributed by atoms with E-state index < -0.39 is 0 Å². The lowest BCUT2D eigenvalue weighted by Crippen LogP contribution is -2.19. The van der Waals surface area contributed by atoms with E-state index in [4.69, 9.17) is 0 Å². The molecule has 0 aliphatic carbocycles. The highest BCUT2D eigenvalue weighted by Gasteiger charge is 2.11. The Balaban J connectivity index is 1.55. The summed E-state index contributed by atoms with van der Waals surface area (Å²) >= 11 is 0. The van der Waals surface area contributed by atoms with Crippen molar-refractivity contribution in [2.45, 2.75) is 0 Å². The topological polar surface area (TPSA) is 82.7 Å². The summed E-state index contributed by atoms with van der Waals surface area (Å²) in [7, 11) is 0. The van der Waals surface area contributed by atoms with E-state index in [1.807, 2.05) is 72.9 Å². The molecular weight excluding hydrogens is 338 g/mol. The maximum Gasteiger partial charge on any atom is 0.323 e. The van der Waals surface area contributed by atoms with Gasteiger partial charge in [0.05, 0.1) is 5.69 Å². The molecule has 0 unspecified atom stereocenters. The predicted molar refractivity (Wildman–Crippen MR) is 106 cm³/mol. The fourth-order valence-electron chi connectivity index (χ4n) is 2.82. The van der Waals surface area contributed by atoms with Crippen LogP contribution < -0.4 is 10.6 Å². The van der Waals surface area contributed by atoms with E-state index in [9.17, 15) is 4.79 Å². The minimum Gasteiger partial charge on any atom is -0.308 e. The first-order valence-corrected chi connectivity index (χ1v) is 8.47. The highest BCUT2D eigenvalue weighted by molar-refractivity contribution is 6.00. The molecule has 0 atom stereocenters. The van der Waals surface area contributed by atoms with Gasteiger partial charge in [0.1, 0.15) is 0 Å². The average Bonchev–Trinajstić information content (AvgIpc) is 3.19. The van der Waals surface area contributed by atoms with Gasteiger partial charge in [0.25, 0.3) is 0 Å². The summed E-state index contributed by atoms with van der Waals surface area (Å²) in [5.41, 5.74) is 5.13. The van der Waals surface area contributed by atoms with Crippen LogP contribution in [-0.4, -0.2) is 21.2 Å². The minimum atomic E-state index is -0.297. The van der Waals surface area contributed by atoms with Crippen LogP contribution in [0.15, 0.2) is 85.3 Å². The lowest BCUT2D eigenvalue weighted by atomic mass is 10.0. The van der Waals surface area contributed by atoms with E-state index in [0.29, 0.717) is 5.69 Å². The minimum absolute atomic E-state index is 0.297. The van der Waals surface area contributed by atoms with Crippen LogP contribution in [0.1, 0.15) is 0 Å². The Bertz CT molecular complexity index is 1040. The Morgan fingerprint density at radius 2 is 1.56 bits per heavy atom. The van der Waals surface area contributed by atoms with Crippen molar-refractivity contribution in [1.29, 1.82) is 0 Å². The van der Waals surface area contributed by atoms with Crippen molar-refractivity contribution in [3.8, 4) is 22.4 Å². The number of aromatic amines is 1. The summed E-state index contributed by atoms with van der Waals surface area (Å²) in [6.07, 6.45) is 5.35. The summed E-state index contributed by atoms with van der Waals surface area (Å²) in [6.45, 7) is 0. The molecule has 27 heavy (non-hydrogen) atoms. The van der Waals surface area contributed by atoms with Gasteiger partial charge in [-0.15, -0.1) is 0 Å². The number of anilines is 2. The summed E-state index contributed by atoms with van der Waals surface area (Å²) in [4.78, 5) is 16.3. The summed E-state index contributed by atoms with van der Waals surface area (Å²) in [5, 5.41) is 13.0. The highest BCUT2D eigenvalue weighted by atomic mass is 16.2. The van der Waals surface area contributed by atoms with Gasteiger partial charge >= 0.3 is 6.03 Å². The van der Waals surface area contributed by atoms with Gasteiger partial charge in [0.2, 0.25) is 0 Å². The molecule has 0 saturated carbocycles. The Kier molecular flexibility index (Phi) is 4.61. The molecule has 132 valence electrons. The molecule has 0 radical (unpaired) electrons. The monoisotopic (exact) mass is 355 g/mol. The van der Waals surface area contributed by atoms with Crippen molar-refractivity contribution in [3.05, 3.63) is 85.3 Å². The smallest absolute Gasteiger partial charge is 0.308 e.